The molecule has 1 heterocycles. The largest absolute Gasteiger partial charge is 0.388 e. The zero-order valence-corrected chi connectivity index (χ0v) is 13.4. The summed E-state index contributed by atoms with van der Waals surface area (Å²) in [6.45, 7) is 10.3. The summed E-state index contributed by atoms with van der Waals surface area (Å²) >= 11 is 0. The van der Waals surface area contributed by atoms with Gasteiger partial charge < -0.3 is 5.11 Å². The molecule has 2 nitrogen and oxygen atoms in total. The first-order valence-electron chi connectivity index (χ1n) is 7.37. The molecule has 0 spiro atoms. The van der Waals surface area contributed by atoms with Crippen molar-refractivity contribution in [1.29, 1.82) is 0 Å². The van der Waals surface area contributed by atoms with E-state index in [0.717, 1.165) is 22.0 Å². The molecule has 1 atom stereocenters. The number of hydrogen-bond acceptors (Lipinski definition) is 2. The van der Waals surface area contributed by atoms with Crippen molar-refractivity contribution in [2.24, 2.45) is 11.3 Å². The summed E-state index contributed by atoms with van der Waals surface area (Å²) in [5.41, 5.74) is 2.75. The lowest BCUT2D eigenvalue weighted by molar-refractivity contribution is 0.126. The summed E-state index contributed by atoms with van der Waals surface area (Å²) in [5, 5.41) is 11.2. The predicted octanol–water partition coefficient (Wildman–Crippen LogP) is 4.32. The molecule has 110 valence electrons. The van der Waals surface area contributed by atoms with Crippen LogP contribution in [0.15, 0.2) is 30.5 Å². The van der Waals surface area contributed by atoms with E-state index in [1.807, 2.05) is 38.1 Å². The van der Waals surface area contributed by atoms with Crippen LogP contribution >= 0.6 is 0 Å². The molecule has 0 saturated heterocycles. The van der Waals surface area contributed by atoms with Crippen LogP contribution in [0.3, 0.4) is 0 Å². The molecule has 0 radical (unpaired) electrons. The van der Waals surface area contributed by atoms with Crippen LogP contribution in [0.1, 0.15) is 51.8 Å². The van der Waals surface area contributed by atoms with Crippen LogP contribution < -0.4 is 0 Å². The molecule has 0 saturated carbocycles. The third-order valence-corrected chi connectivity index (χ3v) is 3.26. The Balaban J connectivity index is 2.38. The highest BCUT2D eigenvalue weighted by molar-refractivity contribution is 5.80. The zero-order chi connectivity index (χ0) is 15.6. The molecule has 1 aromatic heterocycles. The first-order chi connectivity index (χ1) is 9.76. The number of benzene rings is 1. The van der Waals surface area contributed by atoms with Crippen LogP contribution in [0.4, 0.5) is 0 Å². The SMILES string of the molecule is CC(C)[C@H](O)c1cnc2cc(C#CC(C)(C)C)ccc2c1. The molecular weight excluding hydrogens is 258 g/mol. The van der Waals surface area contributed by atoms with Gasteiger partial charge in [-0.3, -0.25) is 4.98 Å². The lowest BCUT2D eigenvalue weighted by Gasteiger charge is -2.14. The van der Waals surface area contributed by atoms with Gasteiger partial charge in [0.2, 0.25) is 0 Å². The van der Waals surface area contributed by atoms with E-state index in [1.54, 1.807) is 6.20 Å². The first-order valence-corrected chi connectivity index (χ1v) is 7.37. The molecule has 1 aromatic carbocycles. The molecule has 0 aliphatic rings. The van der Waals surface area contributed by atoms with E-state index in [2.05, 4.69) is 37.6 Å². The van der Waals surface area contributed by atoms with Gasteiger partial charge in [-0.05, 0) is 50.5 Å². The molecule has 0 aliphatic carbocycles. The van der Waals surface area contributed by atoms with Crippen LogP contribution in [0.25, 0.3) is 10.9 Å². The number of aliphatic hydroxyl groups is 1. The van der Waals surface area contributed by atoms with Gasteiger partial charge in [-0.2, -0.15) is 0 Å². The van der Waals surface area contributed by atoms with Crippen molar-refractivity contribution in [3.05, 3.63) is 41.6 Å². The smallest absolute Gasteiger partial charge is 0.0827 e. The van der Waals surface area contributed by atoms with Crippen LogP contribution in [-0.2, 0) is 0 Å². The number of fused-ring (bicyclic) bond motifs is 1. The predicted molar refractivity (Wildman–Crippen MR) is 87.9 cm³/mol. The summed E-state index contributed by atoms with van der Waals surface area (Å²) < 4.78 is 0. The minimum absolute atomic E-state index is 0.00633. The quantitative estimate of drug-likeness (QED) is 0.831. The van der Waals surface area contributed by atoms with Crippen LogP contribution in [0.5, 0.6) is 0 Å². The van der Waals surface area contributed by atoms with Gasteiger partial charge in [-0.25, -0.2) is 0 Å². The summed E-state index contributed by atoms with van der Waals surface area (Å²) in [5.74, 6) is 6.60. The highest BCUT2D eigenvalue weighted by Crippen LogP contribution is 2.24. The topological polar surface area (TPSA) is 33.1 Å². The summed E-state index contributed by atoms with van der Waals surface area (Å²) in [6, 6.07) is 8.04. The fourth-order valence-electron chi connectivity index (χ4n) is 2.02. The van der Waals surface area contributed by atoms with E-state index in [4.69, 9.17) is 0 Å². The van der Waals surface area contributed by atoms with Gasteiger partial charge in [0.1, 0.15) is 0 Å². The number of nitrogens with zero attached hydrogens (tertiary/aromatic N) is 1. The Labute approximate surface area is 127 Å². The lowest BCUT2D eigenvalue weighted by Crippen LogP contribution is -2.05. The standard InChI is InChI=1S/C19H23NO/c1-13(2)18(21)16-11-15-7-6-14(8-9-19(3,4)5)10-17(15)20-12-16/h6-7,10-13,18,21H,1-5H3/t18-/m0/s1. The van der Waals surface area contributed by atoms with Gasteiger partial charge in [-0.15, -0.1) is 0 Å². The Hall–Kier alpha value is -1.85. The first kappa shape index (κ1) is 15.5. The Morgan fingerprint density at radius 1 is 1.14 bits per heavy atom. The summed E-state index contributed by atoms with van der Waals surface area (Å²) in [7, 11) is 0. The molecule has 2 heteroatoms. The highest BCUT2D eigenvalue weighted by atomic mass is 16.3. The third-order valence-electron chi connectivity index (χ3n) is 3.26. The number of aromatic nitrogens is 1. The Morgan fingerprint density at radius 2 is 1.86 bits per heavy atom. The monoisotopic (exact) mass is 281 g/mol. The Morgan fingerprint density at radius 3 is 2.48 bits per heavy atom. The van der Waals surface area contributed by atoms with Gasteiger partial charge >= 0.3 is 0 Å². The van der Waals surface area contributed by atoms with Crippen molar-refractivity contribution >= 4 is 10.9 Å². The van der Waals surface area contributed by atoms with Crippen molar-refractivity contribution in [2.75, 3.05) is 0 Å². The minimum atomic E-state index is -0.470. The van der Waals surface area contributed by atoms with Crippen molar-refractivity contribution in [3.8, 4) is 11.8 Å². The molecule has 2 rings (SSSR count). The Kier molecular flexibility index (Phi) is 4.34. The number of hydrogen-bond donors (Lipinski definition) is 1. The van der Waals surface area contributed by atoms with E-state index in [1.165, 1.54) is 0 Å². The lowest BCUT2D eigenvalue weighted by atomic mass is 9.97. The van der Waals surface area contributed by atoms with Crippen molar-refractivity contribution in [3.63, 3.8) is 0 Å². The average Bonchev–Trinajstić information content (AvgIpc) is 2.42. The average molecular weight is 281 g/mol. The number of pyridine rings is 1. The second-order valence-electron chi connectivity index (χ2n) is 6.86. The second kappa shape index (κ2) is 5.87. The maximum atomic E-state index is 10.1. The van der Waals surface area contributed by atoms with Crippen molar-refractivity contribution < 1.29 is 5.11 Å². The molecular formula is C19H23NO. The van der Waals surface area contributed by atoms with Crippen molar-refractivity contribution in [2.45, 2.75) is 40.7 Å². The molecule has 1 N–H and O–H groups in total. The normalized spacial score (nSPS) is 13.1. The second-order valence-corrected chi connectivity index (χ2v) is 6.86. The molecule has 0 bridgehead atoms. The molecule has 0 unspecified atom stereocenters. The third kappa shape index (κ3) is 4.06. The van der Waals surface area contributed by atoms with E-state index in [0.29, 0.717) is 0 Å². The van der Waals surface area contributed by atoms with E-state index in [9.17, 15) is 5.11 Å². The van der Waals surface area contributed by atoms with Crippen LogP contribution in [-0.4, -0.2) is 10.1 Å². The Bertz CT molecular complexity index is 699. The molecule has 2 aromatic rings. The van der Waals surface area contributed by atoms with Gasteiger partial charge in [0.25, 0.3) is 0 Å². The summed E-state index contributed by atoms with van der Waals surface area (Å²) in [4.78, 5) is 4.46. The van der Waals surface area contributed by atoms with Crippen molar-refractivity contribution in [1.82, 2.24) is 4.98 Å². The maximum absolute atomic E-state index is 10.1. The van der Waals surface area contributed by atoms with Crippen LogP contribution in [0.2, 0.25) is 0 Å². The van der Waals surface area contributed by atoms with Gasteiger partial charge in [0.15, 0.2) is 0 Å². The number of rotatable bonds is 2. The van der Waals surface area contributed by atoms with E-state index < -0.39 is 6.10 Å². The van der Waals surface area contributed by atoms with Gasteiger partial charge in [0.05, 0.1) is 11.6 Å². The fraction of sp³-hybridized carbons (Fsp3) is 0.421. The summed E-state index contributed by atoms with van der Waals surface area (Å²) in [6.07, 6.45) is 1.29. The van der Waals surface area contributed by atoms with Crippen LogP contribution in [0, 0.1) is 23.2 Å². The highest BCUT2D eigenvalue weighted by Gasteiger charge is 2.12. The van der Waals surface area contributed by atoms with Gasteiger partial charge in [-0.1, -0.05) is 31.8 Å². The number of aliphatic hydroxyl groups excluding tert-OH is 1. The molecule has 0 amide bonds. The molecule has 21 heavy (non-hydrogen) atoms. The fourth-order valence-corrected chi connectivity index (χ4v) is 2.02. The maximum Gasteiger partial charge on any atom is 0.0827 e. The zero-order valence-electron chi connectivity index (χ0n) is 13.4. The van der Waals surface area contributed by atoms with Gasteiger partial charge in [0, 0.05) is 22.6 Å². The molecule has 0 fully saturated rings. The molecule has 0 aliphatic heterocycles. The van der Waals surface area contributed by atoms with E-state index >= 15 is 0 Å². The van der Waals surface area contributed by atoms with E-state index in [-0.39, 0.29) is 11.3 Å². The minimum Gasteiger partial charge on any atom is -0.388 e.